The van der Waals surface area contributed by atoms with Gasteiger partial charge < -0.3 is 0 Å². The summed E-state index contributed by atoms with van der Waals surface area (Å²) in [6.45, 7) is 5.94. The summed E-state index contributed by atoms with van der Waals surface area (Å²) in [6.07, 6.45) is 1.99. The molecule has 0 saturated heterocycles. The predicted molar refractivity (Wildman–Crippen MR) is 110 cm³/mol. The number of rotatable bonds is 5. The predicted octanol–water partition coefficient (Wildman–Crippen LogP) is 4.71. The van der Waals surface area contributed by atoms with Crippen molar-refractivity contribution in [2.75, 3.05) is 0 Å². The molecule has 5 heteroatoms. The van der Waals surface area contributed by atoms with E-state index in [1.165, 1.54) is 17.3 Å². The van der Waals surface area contributed by atoms with E-state index in [0.717, 1.165) is 18.4 Å². The number of hydrogen-bond acceptors (Lipinski definition) is 4. The lowest BCUT2D eigenvalue weighted by molar-refractivity contribution is 0.0993. The lowest BCUT2D eigenvalue weighted by Crippen LogP contribution is -2.24. The Morgan fingerprint density at radius 3 is 2.59 bits per heavy atom. The Kier molecular flexibility index (Phi) is 4.64. The van der Waals surface area contributed by atoms with Crippen LogP contribution in [0.5, 0.6) is 0 Å². The van der Waals surface area contributed by atoms with Crippen LogP contribution in [0.25, 0.3) is 10.9 Å². The van der Waals surface area contributed by atoms with Gasteiger partial charge in [0.25, 0.3) is 5.56 Å². The largest absolute Gasteiger partial charge is 0.293 e. The van der Waals surface area contributed by atoms with Crippen molar-refractivity contribution < 1.29 is 4.79 Å². The van der Waals surface area contributed by atoms with Crippen LogP contribution in [-0.2, 0) is 0 Å². The number of fused-ring (bicyclic) bond motifs is 1. The Hall–Kier alpha value is -2.40. The summed E-state index contributed by atoms with van der Waals surface area (Å²) >= 11 is 1.38. The van der Waals surface area contributed by atoms with Crippen LogP contribution < -0.4 is 5.56 Å². The number of nitrogens with zero attached hydrogens (tertiary/aromatic N) is 2. The Morgan fingerprint density at radius 1 is 1.15 bits per heavy atom. The molecule has 0 N–H and O–H groups in total. The first-order chi connectivity index (χ1) is 13.0. The molecule has 27 heavy (non-hydrogen) atoms. The van der Waals surface area contributed by atoms with E-state index in [9.17, 15) is 9.59 Å². The molecule has 1 saturated carbocycles. The molecule has 0 spiro atoms. The summed E-state index contributed by atoms with van der Waals surface area (Å²) in [6, 6.07) is 13.4. The van der Waals surface area contributed by atoms with Gasteiger partial charge >= 0.3 is 0 Å². The lowest BCUT2D eigenvalue weighted by Gasteiger charge is -2.16. The Morgan fingerprint density at radius 2 is 1.89 bits per heavy atom. The number of thioether (sulfide) groups is 1. The lowest BCUT2D eigenvalue weighted by atomic mass is 10.0. The molecule has 2 aromatic carbocycles. The van der Waals surface area contributed by atoms with Crippen molar-refractivity contribution in [2.45, 2.75) is 50.1 Å². The third-order valence-corrected chi connectivity index (χ3v) is 6.20. The highest BCUT2D eigenvalue weighted by molar-refractivity contribution is 8.00. The SMILES string of the molecule is Cc1ccc(C(=O)C(C)Sc2nc3ccccc3c(=O)n2C2CC2)cc1C. The number of benzene rings is 2. The summed E-state index contributed by atoms with van der Waals surface area (Å²) in [5, 5.41) is 0.970. The van der Waals surface area contributed by atoms with Gasteiger partial charge in [-0.25, -0.2) is 4.98 Å². The standard InChI is InChI=1S/C22H22N2O2S/c1-13-8-9-16(12-14(13)2)20(25)15(3)27-22-23-19-7-5-4-6-18(19)21(26)24(22)17-10-11-17/h4-9,12,15,17H,10-11H2,1-3H3. The molecule has 1 aliphatic carbocycles. The molecular formula is C22H22N2O2S. The van der Waals surface area contributed by atoms with Gasteiger partial charge in [0.05, 0.1) is 16.2 Å². The molecule has 1 aromatic heterocycles. The third-order valence-electron chi connectivity index (χ3n) is 5.13. The fourth-order valence-corrected chi connectivity index (χ4v) is 4.26. The Labute approximate surface area is 162 Å². The first-order valence-electron chi connectivity index (χ1n) is 9.25. The first-order valence-corrected chi connectivity index (χ1v) is 10.1. The third kappa shape index (κ3) is 3.44. The van der Waals surface area contributed by atoms with Crippen molar-refractivity contribution in [3.05, 3.63) is 69.5 Å². The minimum absolute atomic E-state index is 0.00331. The minimum Gasteiger partial charge on any atom is -0.293 e. The van der Waals surface area contributed by atoms with Crippen molar-refractivity contribution in [3.8, 4) is 0 Å². The zero-order valence-electron chi connectivity index (χ0n) is 15.7. The van der Waals surface area contributed by atoms with Crippen molar-refractivity contribution in [1.29, 1.82) is 0 Å². The smallest absolute Gasteiger partial charge is 0.262 e. The molecule has 3 aromatic rings. The van der Waals surface area contributed by atoms with E-state index in [0.29, 0.717) is 21.6 Å². The zero-order valence-corrected chi connectivity index (χ0v) is 16.5. The van der Waals surface area contributed by atoms with Crippen LogP contribution in [0.1, 0.15) is 47.3 Å². The molecule has 0 amide bonds. The molecular weight excluding hydrogens is 356 g/mol. The Bertz CT molecular complexity index is 1100. The summed E-state index contributed by atoms with van der Waals surface area (Å²) in [5.41, 5.74) is 3.67. The maximum Gasteiger partial charge on any atom is 0.262 e. The van der Waals surface area contributed by atoms with Gasteiger partial charge in [-0.05, 0) is 62.9 Å². The average Bonchev–Trinajstić information content (AvgIpc) is 3.48. The number of Topliss-reactive ketones (excluding diaryl/α,β-unsaturated/α-hetero) is 1. The van der Waals surface area contributed by atoms with Crippen molar-refractivity contribution in [2.24, 2.45) is 0 Å². The molecule has 0 aliphatic heterocycles. The number of para-hydroxylation sites is 1. The number of carbonyl (C=O) groups is 1. The Balaban J connectivity index is 1.70. The molecule has 1 atom stereocenters. The quantitative estimate of drug-likeness (QED) is 0.366. The minimum atomic E-state index is -0.315. The monoisotopic (exact) mass is 378 g/mol. The second kappa shape index (κ2) is 6.97. The summed E-state index contributed by atoms with van der Waals surface area (Å²) in [5.74, 6) is 0.0628. The van der Waals surface area contributed by atoms with Crippen molar-refractivity contribution in [3.63, 3.8) is 0 Å². The van der Waals surface area contributed by atoms with Gasteiger partial charge in [0, 0.05) is 11.6 Å². The number of ketones is 1. The van der Waals surface area contributed by atoms with Crippen LogP contribution in [-0.4, -0.2) is 20.6 Å². The van der Waals surface area contributed by atoms with E-state index in [4.69, 9.17) is 4.98 Å². The van der Waals surface area contributed by atoms with E-state index >= 15 is 0 Å². The van der Waals surface area contributed by atoms with Crippen LogP contribution in [0.3, 0.4) is 0 Å². The van der Waals surface area contributed by atoms with Crippen molar-refractivity contribution in [1.82, 2.24) is 9.55 Å². The summed E-state index contributed by atoms with van der Waals surface area (Å²) < 4.78 is 1.79. The van der Waals surface area contributed by atoms with E-state index < -0.39 is 0 Å². The second-order valence-electron chi connectivity index (χ2n) is 7.24. The van der Waals surface area contributed by atoms with Gasteiger partial charge in [0.1, 0.15) is 0 Å². The van der Waals surface area contributed by atoms with E-state index in [1.807, 2.05) is 63.2 Å². The fraction of sp³-hybridized carbons (Fsp3) is 0.318. The van der Waals surface area contributed by atoms with Gasteiger partial charge in [0.2, 0.25) is 0 Å². The van der Waals surface area contributed by atoms with Crippen LogP contribution in [0, 0.1) is 13.8 Å². The molecule has 1 aliphatic rings. The van der Waals surface area contributed by atoms with Gasteiger partial charge in [0.15, 0.2) is 10.9 Å². The van der Waals surface area contributed by atoms with Crippen LogP contribution in [0.4, 0.5) is 0 Å². The molecule has 4 rings (SSSR count). The molecule has 1 heterocycles. The summed E-state index contributed by atoms with van der Waals surface area (Å²) in [4.78, 5) is 30.6. The number of aromatic nitrogens is 2. The number of aryl methyl sites for hydroxylation is 2. The molecule has 1 unspecified atom stereocenters. The molecule has 138 valence electrons. The highest BCUT2D eigenvalue weighted by atomic mass is 32.2. The van der Waals surface area contributed by atoms with Gasteiger partial charge in [-0.15, -0.1) is 0 Å². The van der Waals surface area contributed by atoms with Crippen LogP contribution in [0.15, 0.2) is 52.4 Å². The normalized spacial score (nSPS) is 15.1. The summed E-state index contributed by atoms with van der Waals surface area (Å²) in [7, 11) is 0. The van der Waals surface area contributed by atoms with Crippen LogP contribution >= 0.6 is 11.8 Å². The second-order valence-corrected chi connectivity index (χ2v) is 8.55. The molecule has 4 nitrogen and oxygen atoms in total. The van der Waals surface area contributed by atoms with E-state index in [1.54, 1.807) is 4.57 Å². The topological polar surface area (TPSA) is 52.0 Å². The average molecular weight is 378 g/mol. The maximum absolute atomic E-state index is 13.0. The number of carbonyl (C=O) groups excluding carboxylic acids is 1. The van der Waals surface area contributed by atoms with Gasteiger partial charge in [-0.2, -0.15) is 0 Å². The van der Waals surface area contributed by atoms with Crippen molar-refractivity contribution >= 4 is 28.4 Å². The van der Waals surface area contributed by atoms with Gasteiger partial charge in [-0.3, -0.25) is 14.2 Å². The maximum atomic E-state index is 13.0. The fourth-order valence-electron chi connectivity index (χ4n) is 3.20. The van der Waals surface area contributed by atoms with E-state index in [2.05, 4.69) is 0 Å². The zero-order chi connectivity index (χ0) is 19.1. The number of hydrogen-bond donors (Lipinski definition) is 0. The molecule has 0 bridgehead atoms. The molecule has 1 fully saturated rings. The van der Waals surface area contributed by atoms with Crippen LogP contribution in [0.2, 0.25) is 0 Å². The highest BCUT2D eigenvalue weighted by Crippen LogP contribution is 2.38. The molecule has 0 radical (unpaired) electrons. The highest BCUT2D eigenvalue weighted by Gasteiger charge is 2.30. The van der Waals surface area contributed by atoms with E-state index in [-0.39, 0.29) is 22.6 Å². The first kappa shape index (κ1) is 18.0. The van der Waals surface area contributed by atoms with Gasteiger partial charge in [-0.1, -0.05) is 36.0 Å².